The summed E-state index contributed by atoms with van der Waals surface area (Å²) in [4.78, 5) is 0. The van der Waals surface area contributed by atoms with E-state index in [1.165, 1.54) is 11.1 Å². The second-order valence-corrected chi connectivity index (χ2v) is 6.21. The topological polar surface area (TPSA) is 41.9 Å². The maximum atomic E-state index is 5.37. The van der Waals surface area contributed by atoms with Gasteiger partial charge < -0.3 is 10.6 Å². The number of para-hydroxylation sites is 1. The summed E-state index contributed by atoms with van der Waals surface area (Å²) in [6.45, 7) is 4.87. The van der Waals surface area contributed by atoms with Crippen molar-refractivity contribution in [3.63, 3.8) is 0 Å². The molecule has 0 unspecified atom stereocenters. The summed E-state index contributed by atoms with van der Waals surface area (Å²) in [5.74, 6) is 0. The number of anilines is 2. The number of nitrogens with zero attached hydrogens (tertiary/aromatic N) is 2. The molecule has 2 aromatic carbocycles. The van der Waals surface area contributed by atoms with Crippen molar-refractivity contribution in [2.45, 2.75) is 20.4 Å². The van der Waals surface area contributed by atoms with E-state index in [1.54, 1.807) is 6.20 Å². The Morgan fingerprint density at radius 3 is 2.54 bits per heavy atom. The Balaban J connectivity index is 1.60. The fourth-order valence-corrected chi connectivity index (χ4v) is 2.62. The van der Waals surface area contributed by atoms with Crippen molar-refractivity contribution in [3.8, 4) is 0 Å². The van der Waals surface area contributed by atoms with Gasteiger partial charge in [0.15, 0.2) is 5.11 Å². The van der Waals surface area contributed by atoms with Gasteiger partial charge in [0.25, 0.3) is 0 Å². The van der Waals surface area contributed by atoms with E-state index in [0.29, 0.717) is 5.11 Å². The lowest BCUT2D eigenvalue weighted by molar-refractivity contribution is 0.687. The fourth-order valence-electron chi connectivity index (χ4n) is 2.39. The summed E-state index contributed by atoms with van der Waals surface area (Å²) in [5, 5.41) is 11.3. The molecule has 0 aliphatic heterocycles. The van der Waals surface area contributed by atoms with E-state index in [2.05, 4.69) is 46.9 Å². The number of hydrogen-bond donors (Lipinski definition) is 2. The van der Waals surface area contributed by atoms with Crippen LogP contribution in [-0.4, -0.2) is 14.9 Å². The average Bonchev–Trinajstić information content (AvgIpc) is 2.99. The standard InChI is InChI=1S/C19H20N4S/c1-14-7-9-16(10-8-14)12-23-13-17(11-20-23)21-19(24)22-18-6-4-3-5-15(18)2/h3-11,13H,12H2,1-2H3,(H2,21,22,24). The molecule has 0 spiro atoms. The van der Waals surface area contributed by atoms with Crippen molar-refractivity contribution in [1.29, 1.82) is 0 Å². The molecular formula is C19H20N4S. The summed E-state index contributed by atoms with van der Waals surface area (Å²) >= 11 is 5.37. The van der Waals surface area contributed by atoms with Crippen molar-refractivity contribution in [2.75, 3.05) is 10.6 Å². The van der Waals surface area contributed by atoms with Crippen LogP contribution in [0.4, 0.5) is 11.4 Å². The highest BCUT2D eigenvalue weighted by Gasteiger charge is 2.04. The summed E-state index contributed by atoms with van der Waals surface area (Å²) in [5.41, 5.74) is 5.50. The van der Waals surface area contributed by atoms with Gasteiger partial charge in [0.1, 0.15) is 0 Å². The molecule has 3 rings (SSSR count). The van der Waals surface area contributed by atoms with E-state index in [1.807, 2.05) is 42.1 Å². The molecule has 0 fully saturated rings. The lowest BCUT2D eigenvalue weighted by atomic mass is 10.1. The smallest absolute Gasteiger partial charge is 0.175 e. The van der Waals surface area contributed by atoms with Crippen LogP contribution < -0.4 is 10.6 Å². The van der Waals surface area contributed by atoms with Crippen LogP contribution in [0, 0.1) is 13.8 Å². The first-order valence-electron chi connectivity index (χ1n) is 7.82. The molecule has 0 amide bonds. The molecule has 122 valence electrons. The van der Waals surface area contributed by atoms with Crippen LogP contribution in [0.2, 0.25) is 0 Å². The number of aryl methyl sites for hydroxylation is 2. The monoisotopic (exact) mass is 336 g/mol. The van der Waals surface area contributed by atoms with Crippen LogP contribution in [-0.2, 0) is 6.54 Å². The first-order valence-corrected chi connectivity index (χ1v) is 8.22. The van der Waals surface area contributed by atoms with Gasteiger partial charge in [-0.3, -0.25) is 4.68 Å². The Kier molecular flexibility index (Phi) is 4.91. The largest absolute Gasteiger partial charge is 0.332 e. The molecule has 3 aromatic rings. The molecule has 0 bridgehead atoms. The van der Waals surface area contributed by atoms with Crippen molar-refractivity contribution in [3.05, 3.63) is 77.6 Å². The van der Waals surface area contributed by atoms with Crippen molar-refractivity contribution >= 4 is 28.7 Å². The molecule has 1 heterocycles. The van der Waals surface area contributed by atoms with Crippen LogP contribution in [0.5, 0.6) is 0 Å². The van der Waals surface area contributed by atoms with E-state index in [4.69, 9.17) is 12.2 Å². The van der Waals surface area contributed by atoms with Crippen LogP contribution in [0.1, 0.15) is 16.7 Å². The number of hydrogen-bond acceptors (Lipinski definition) is 2. The second-order valence-electron chi connectivity index (χ2n) is 5.81. The minimum Gasteiger partial charge on any atom is -0.332 e. The Bertz CT molecular complexity index is 837. The SMILES string of the molecule is Cc1ccc(Cn2cc(NC(=S)Nc3ccccc3C)cn2)cc1. The molecule has 0 aliphatic rings. The maximum Gasteiger partial charge on any atom is 0.175 e. The molecule has 24 heavy (non-hydrogen) atoms. The van der Waals surface area contributed by atoms with Crippen LogP contribution in [0.25, 0.3) is 0 Å². The van der Waals surface area contributed by atoms with E-state index in [0.717, 1.165) is 23.5 Å². The van der Waals surface area contributed by atoms with Gasteiger partial charge in [-0.2, -0.15) is 5.10 Å². The number of benzene rings is 2. The number of nitrogens with one attached hydrogen (secondary N) is 2. The quantitative estimate of drug-likeness (QED) is 0.695. The van der Waals surface area contributed by atoms with Gasteiger partial charge in [0, 0.05) is 11.9 Å². The van der Waals surface area contributed by atoms with E-state index in [-0.39, 0.29) is 0 Å². The molecular weight excluding hydrogens is 316 g/mol. The van der Waals surface area contributed by atoms with Gasteiger partial charge in [-0.25, -0.2) is 0 Å². The average molecular weight is 336 g/mol. The number of aromatic nitrogens is 2. The summed E-state index contributed by atoms with van der Waals surface area (Å²) in [6.07, 6.45) is 3.73. The second kappa shape index (κ2) is 7.27. The third-order valence-corrected chi connectivity index (χ3v) is 3.95. The van der Waals surface area contributed by atoms with Gasteiger partial charge in [-0.1, -0.05) is 48.0 Å². The zero-order valence-corrected chi connectivity index (χ0v) is 14.6. The van der Waals surface area contributed by atoms with Gasteiger partial charge in [-0.15, -0.1) is 0 Å². The van der Waals surface area contributed by atoms with Gasteiger partial charge in [0.2, 0.25) is 0 Å². The van der Waals surface area contributed by atoms with Crippen molar-refractivity contribution < 1.29 is 0 Å². The number of thiocarbonyl (C=S) groups is 1. The number of rotatable bonds is 4. The third kappa shape index (κ3) is 4.20. The maximum absolute atomic E-state index is 5.37. The lowest BCUT2D eigenvalue weighted by Crippen LogP contribution is -2.19. The normalized spacial score (nSPS) is 10.4. The highest BCUT2D eigenvalue weighted by Crippen LogP contribution is 2.14. The first-order chi connectivity index (χ1) is 11.6. The van der Waals surface area contributed by atoms with E-state index < -0.39 is 0 Å². The highest BCUT2D eigenvalue weighted by molar-refractivity contribution is 7.80. The molecule has 1 aromatic heterocycles. The fraction of sp³-hybridized carbons (Fsp3) is 0.158. The van der Waals surface area contributed by atoms with Gasteiger partial charge in [0.05, 0.1) is 18.4 Å². The highest BCUT2D eigenvalue weighted by atomic mass is 32.1. The summed E-state index contributed by atoms with van der Waals surface area (Å²) in [7, 11) is 0. The third-order valence-electron chi connectivity index (χ3n) is 3.75. The van der Waals surface area contributed by atoms with Crippen molar-refractivity contribution in [2.24, 2.45) is 0 Å². The van der Waals surface area contributed by atoms with Crippen LogP contribution >= 0.6 is 12.2 Å². The van der Waals surface area contributed by atoms with Gasteiger partial charge in [-0.05, 0) is 43.3 Å². The molecule has 4 nitrogen and oxygen atoms in total. The Labute approximate surface area is 147 Å². The predicted molar refractivity (Wildman–Crippen MR) is 104 cm³/mol. The zero-order valence-electron chi connectivity index (χ0n) is 13.8. The van der Waals surface area contributed by atoms with Crippen molar-refractivity contribution in [1.82, 2.24) is 9.78 Å². The molecule has 5 heteroatoms. The van der Waals surface area contributed by atoms with E-state index in [9.17, 15) is 0 Å². The molecule has 0 radical (unpaired) electrons. The van der Waals surface area contributed by atoms with Crippen LogP contribution in [0.15, 0.2) is 60.9 Å². The summed E-state index contributed by atoms with van der Waals surface area (Å²) < 4.78 is 1.89. The molecule has 0 saturated carbocycles. The Morgan fingerprint density at radius 2 is 1.79 bits per heavy atom. The minimum absolute atomic E-state index is 0.555. The molecule has 0 atom stereocenters. The first kappa shape index (κ1) is 16.2. The summed E-state index contributed by atoms with van der Waals surface area (Å²) in [6, 6.07) is 16.5. The minimum atomic E-state index is 0.555. The molecule has 0 saturated heterocycles. The van der Waals surface area contributed by atoms with Crippen LogP contribution in [0.3, 0.4) is 0 Å². The Morgan fingerprint density at radius 1 is 1.04 bits per heavy atom. The van der Waals surface area contributed by atoms with E-state index >= 15 is 0 Å². The molecule has 2 N–H and O–H groups in total. The Hall–Kier alpha value is -2.66. The van der Waals surface area contributed by atoms with Gasteiger partial charge >= 0.3 is 0 Å². The lowest BCUT2D eigenvalue weighted by Gasteiger charge is -2.11. The molecule has 0 aliphatic carbocycles. The zero-order chi connectivity index (χ0) is 16.9. The predicted octanol–water partition coefficient (Wildman–Crippen LogP) is 4.36.